The van der Waals surface area contributed by atoms with Gasteiger partial charge in [0.05, 0.1) is 17.8 Å². The Hall–Kier alpha value is -1.43. The Labute approximate surface area is 172 Å². The molecule has 2 fully saturated rings. The van der Waals surface area contributed by atoms with Crippen molar-refractivity contribution in [2.24, 2.45) is 0 Å². The van der Waals surface area contributed by atoms with Gasteiger partial charge in [-0.3, -0.25) is 4.90 Å². The van der Waals surface area contributed by atoms with Crippen LogP contribution in [0.2, 0.25) is 5.02 Å². The maximum absolute atomic E-state index is 10.9. The van der Waals surface area contributed by atoms with E-state index in [1.807, 2.05) is 16.8 Å². The predicted molar refractivity (Wildman–Crippen MR) is 112 cm³/mol. The summed E-state index contributed by atoms with van der Waals surface area (Å²) in [5.41, 5.74) is 2.34. The molecule has 6 heteroatoms. The van der Waals surface area contributed by atoms with Crippen molar-refractivity contribution in [1.29, 1.82) is 0 Å². The number of halogens is 1. The Morgan fingerprint density at radius 2 is 1.93 bits per heavy atom. The Kier molecular flexibility index (Phi) is 6.34. The van der Waals surface area contributed by atoms with Gasteiger partial charge in [-0.2, -0.15) is 0 Å². The first-order valence-electron chi connectivity index (χ1n) is 10.7. The fourth-order valence-corrected chi connectivity index (χ4v) is 4.47. The van der Waals surface area contributed by atoms with Crippen LogP contribution in [0.1, 0.15) is 81.1 Å². The number of aliphatic hydroxyl groups is 1. The van der Waals surface area contributed by atoms with Crippen molar-refractivity contribution < 1.29 is 5.11 Å². The van der Waals surface area contributed by atoms with Gasteiger partial charge in [-0.15, -0.1) is 5.10 Å². The van der Waals surface area contributed by atoms with E-state index < -0.39 is 6.10 Å². The predicted octanol–water partition coefficient (Wildman–Crippen LogP) is 4.74. The van der Waals surface area contributed by atoms with Gasteiger partial charge in [0.25, 0.3) is 0 Å². The van der Waals surface area contributed by atoms with Crippen LogP contribution in [-0.2, 0) is 0 Å². The van der Waals surface area contributed by atoms with Gasteiger partial charge in [0.15, 0.2) is 0 Å². The summed E-state index contributed by atoms with van der Waals surface area (Å²) < 4.78 is 1.91. The van der Waals surface area contributed by atoms with Crippen LogP contribution in [0.15, 0.2) is 30.5 Å². The zero-order valence-electron chi connectivity index (χ0n) is 16.7. The van der Waals surface area contributed by atoms with Crippen LogP contribution in [0.5, 0.6) is 0 Å². The van der Waals surface area contributed by atoms with Crippen molar-refractivity contribution >= 4 is 11.6 Å². The Bertz CT molecular complexity index is 758. The average Bonchev–Trinajstić information content (AvgIpc) is 3.44. The Balaban J connectivity index is 1.52. The third kappa shape index (κ3) is 4.58. The molecular weight excluding hydrogens is 372 g/mol. The first-order chi connectivity index (χ1) is 13.7. The highest BCUT2D eigenvalue weighted by Gasteiger charge is 2.37. The summed E-state index contributed by atoms with van der Waals surface area (Å²) in [7, 11) is 0. The first-order valence-corrected chi connectivity index (χ1v) is 11.1. The fraction of sp³-hybridized carbons (Fsp3) is 0.636. The molecule has 0 unspecified atom stereocenters. The number of nitrogens with zero attached hydrogens (tertiary/aromatic N) is 4. The summed E-state index contributed by atoms with van der Waals surface area (Å²) in [6.07, 6.45) is 9.82. The molecule has 2 heterocycles. The maximum atomic E-state index is 10.9. The van der Waals surface area contributed by atoms with Crippen molar-refractivity contribution in [3.8, 4) is 0 Å². The smallest absolute Gasteiger partial charge is 0.0892 e. The number of benzene rings is 1. The van der Waals surface area contributed by atoms with Gasteiger partial charge in [-0.1, -0.05) is 55.1 Å². The quantitative estimate of drug-likeness (QED) is 0.648. The van der Waals surface area contributed by atoms with E-state index in [1.54, 1.807) is 0 Å². The second-order valence-electron chi connectivity index (χ2n) is 8.39. The number of piperidine rings is 1. The van der Waals surface area contributed by atoms with Crippen LogP contribution >= 0.6 is 11.6 Å². The van der Waals surface area contributed by atoms with Gasteiger partial charge in [0, 0.05) is 29.7 Å². The molecule has 1 aromatic carbocycles. The molecule has 2 aliphatic rings. The molecule has 3 atom stereocenters. The van der Waals surface area contributed by atoms with E-state index in [9.17, 15) is 5.11 Å². The van der Waals surface area contributed by atoms with Gasteiger partial charge in [-0.05, 0) is 49.9 Å². The van der Waals surface area contributed by atoms with Crippen LogP contribution in [0.25, 0.3) is 0 Å². The molecule has 152 valence electrons. The summed E-state index contributed by atoms with van der Waals surface area (Å²) in [4.78, 5) is 2.44. The minimum Gasteiger partial charge on any atom is -0.390 e. The van der Waals surface area contributed by atoms with Crippen LogP contribution in [0.3, 0.4) is 0 Å². The topological polar surface area (TPSA) is 54.2 Å². The highest BCUT2D eigenvalue weighted by atomic mass is 35.5. The highest BCUT2D eigenvalue weighted by molar-refractivity contribution is 6.30. The van der Waals surface area contributed by atoms with Gasteiger partial charge >= 0.3 is 0 Å². The number of β-amino-alcohol motifs (C(OH)–C–C–N with tert-alkyl or cyclic N) is 1. The van der Waals surface area contributed by atoms with Crippen molar-refractivity contribution in [1.82, 2.24) is 19.9 Å². The SMILES string of the molecule is CCCCCCN1C[C@@H](O)[C@H](n2cc(C3CC3)nn2)C[C@@H]1c1ccc(Cl)cc1. The zero-order chi connectivity index (χ0) is 19.5. The molecule has 1 saturated carbocycles. The van der Waals surface area contributed by atoms with E-state index >= 15 is 0 Å². The molecule has 2 aromatic rings. The summed E-state index contributed by atoms with van der Waals surface area (Å²) in [6, 6.07) is 8.41. The Morgan fingerprint density at radius 3 is 2.64 bits per heavy atom. The minimum atomic E-state index is -0.427. The molecule has 1 saturated heterocycles. The lowest BCUT2D eigenvalue weighted by Gasteiger charge is -2.42. The number of aromatic nitrogens is 3. The molecule has 0 radical (unpaired) electrons. The highest BCUT2D eigenvalue weighted by Crippen LogP contribution is 2.41. The van der Waals surface area contributed by atoms with Crippen LogP contribution in [0.4, 0.5) is 0 Å². The summed E-state index contributed by atoms with van der Waals surface area (Å²) in [5.74, 6) is 0.580. The van der Waals surface area contributed by atoms with E-state index in [-0.39, 0.29) is 12.1 Å². The number of unbranched alkanes of at least 4 members (excludes halogenated alkanes) is 3. The van der Waals surface area contributed by atoms with Crippen LogP contribution < -0.4 is 0 Å². The molecule has 0 bridgehead atoms. The van der Waals surface area contributed by atoms with E-state index in [4.69, 9.17) is 11.6 Å². The van der Waals surface area contributed by atoms with Crippen molar-refractivity contribution in [2.45, 2.75) is 76.0 Å². The second kappa shape index (κ2) is 8.93. The lowest BCUT2D eigenvalue weighted by atomic mass is 9.89. The molecule has 1 aromatic heterocycles. The minimum absolute atomic E-state index is 0.0347. The van der Waals surface area contributed by atoms with E-state index in [1.165, 1.54) is 44.1 Å². The van der Waals surface area contributed by atoms with Crippen molar-refractivity contribution in [3.05, 3.63) is 46.7 Å². The Morgan fingerprint density at radius 1 is 1.14 bits per heavy atom. The van der Waals surface area contributed by atoms with Gasteiger partial charge in [-0.25, -0.2) is 4.68 Å². The number of likely N-dealkylation sites (tertiary alicyclic amines) is 1. The first kappa shape index (κ1) is 19.9. The molecule has 0 amide bonds. The van der Waals surface area contributed by atoms with Gasteiger partial charge in [0.2, 0.25) is 0 Å². The summed E-state index contributed by atoms with van der Waals surface area (Å²) in [5, 5.41) is 20.4. The molecule has 4 rings (SSSR count). The molecule has 1 N–H and O–H groups in total. The zero-order valence-corrected chi connectivity index (χ0v) is 17.4. The van der Waals surface area contributed by atoms with E-state index in [0.717, 1.165) is 23.7 Å². The maximum Gasteiger partial charge on any atom is 0.0892 e. The number of aliphatic hydroxyl groups excluding tert-OH is 1. The van der Waals surface area contributed by atoms with Gasteiger partial charge in [0.1, 0.15) is 0 Å². The fourth-order valence-electron chi connectivity index (χ4n) is 4.35. The second-order valence-corrected chi connectivity index (χ2v) is 8.83. The molecular formula is C22H31ClN4O. The summed E-state index contributed by atoms with van der Waals surface area (Å²) >= 11 is 6.12. The van der Waals surface area contributed by atoms with E-state index in [0.29, 0.717) is 12.5 Å². The number of rotatable bonds is 8. The number of hydrogen-bond donors (Lipinski definition) is 1. The largest absolute Gasteiger partial charge is 0.390 e. The van der Waals surface area contributed by atoms with Crippen LogP contribution in [0, 0.1) is 0 Å². The third-order valence-electron chi connectivity index (χ3n) is 6.19. The lowest BCUT2D eigenvalue weighted by molar-refractivity contribution is -0.0102. The van der Waals surface area contributed by atoms with Gasteiger partial charge < -0.3 is 5.11 Å². The molecule has 1 aliphatic carbocycles. The molecule has 5 nitrogen and oxygen atoms in total. The normalized spacial score (nSPS) is 25.9. The monoisotopic (exact) mass is 402 g/mol. The molecule has 1 aliphatic heterocycles. The summed E-state index contributed by atoms with van der Waals surface area (Å²) in [6.45, 7) is 3.92. The third-order valence-corrected chi connectivity index (χ3v) is 6.44. The van der Waals surface area contributed by atoms with Crippen molar-refractivity contribution in [3.63, 3.8) is 0 Å². The molecule has 0 spiro atoms. The lowest BCUT2D eigenvalue weighted by Crippen LogP contribution is -2.46. The average molecular weight is 403 g/mol. The van der Waals surface area contributed by atoms with E-state index in [2.05, 4.69) is 40.5 Å². The van der Waals surface area contributed by atoms with Crippen LogP contribution in [-0.4, -0.2) is 44.2 Å². The van der Waals surface area contributed by atoms with Crippen molar-refractivity contribution in [2.75, 3.05) is 13.1 Å². The number of hydrogen-bond acceptors (Lipinski definition) is 4. The molecule has 28 heavy (non-hydrogen) atoms. The standard InChI is InChI=1S/C22H31ClN4O/c1-2-3-4-5-12-26-15-22(28)21(27-14-19(24-25-27)16-6-7-16)13-20(26)17-8-10-18(23)11-9-17/h8-11,14,16,20-22,28H,2-7,12-13,15H2,1H3/t20-,21-,22-/m1/s1.